The number of alkyl halides is 1. The highest BCUT2D eigenvalue weighted by Gasteiger charge is 2.53. The van der Waals surface area contributed by atoms with Crippen LogP contribution in [-0.4, -0.2) is 29.6 Å². The van der Waals surface area contributed by atoms with Crippen molar-refractivity contribution in [1.82, 2.24) is 4.90 Å². The van der Waals surface area contributed by atoms with E-state index in [1.165, 1.54) is 0 Å². The van der Waals surface area contributed by atoms with Crippen LogP contribution in [0.5, 0.6) is 0 Å². The summed E-state index contributed by atoms with van der Waals surface area (Å²) >= 11 is 0. The average Bonchev–Trinajstić information content (AvgIpc) is 2.81. The summed E-state index contributed by atoms with van der Waals surface area (Å²) in [7, 11) is 0. The van der Waals surface area contributed by atoms with E-state index in [0.29, 0.717) is 12.5 Å². The molecule has 2 aliphatic rings. The summed E-state index contributed by atoms with van der Waals surface area (Å²) < 4.78 is 14.4. The number of likely N-dealkylation sites (tertiary alicyclic amines) is 1. The number of hydrogen-bond acceptors (Lipinski definition) is 1. The molecule has 2 fully saturated rings. The van der Waals surface area contributed by atoms with Gasteiger partial charge in [0.2, 0.25) is 5.91 Å². The normalized spacial score (nSPS) is 36.9. The second kappa shape index (κ2) is 3.44. The highest BCUT2D eigenvalue weighted by atomic mass is 19.1. The van der Waals surface area contributed by atoms with Gasteiger partial charge >= 0.3 is 0 Å². The fraction of sp³-hybridized carbons (Fsp3) is 0.923. The summed E-state index contributed by atoms with van der Waals surface area (Å²) in [5.41, 5.74) is -1.38. The first-order valence-corrected chi connectivity index (χ1v) is 6.24. The summed E-state index contributed by atoms with van der Waals surface area (Å²) in [4.78, 5) is 13.9. The monoisotopic (exact) mass is 227 g/mol. The Balaban J connectivity index is 2.08. The summed E-state index contributed by atoms with van der Waals surface area (Å²) in [6.07, 6.45) is 1.94. The van der Waals surface area contributed by atoms with Crippen LogP contribution < -0.4 is 0 Å². The molecule has 0 N–H and O–H groups in total. The summed E-state index contributed by atoms with van der Waals surface area (Å²) in [6, 6.07) is 0. The van der Waals surface area contributed by atoms with Gasteiger partial charge in [-0.25, -0.2) is 4.39 Å². The SMILES string of the molecule is CC(C)[C@@H]1CN(C(=O)C2(C)CC2)C[C@]1(C)F. The van der Waals surface area contributed by atoms with Gasteiger partial charge in [0.25, 0.3) is 0 Å². The molecule has 1 amide bonds. The van der Waals surface area contributed by atoms with Crippen molar-refractivity contribution in [3.63, 3.8) is 0 Å². The van der Waals surface area contributed by atoms with E-state index in [2.05, 4.69) is 0 Å². The Labute approximate surface area is 97.2 Å². The van der Waals surface area contributed by atoms with Crippen molar-refractivity contribution < 1.29 is 9.18 Å². The number of rotatable bonds is 2. The number of carbonyl (C=O) groups excluding carboxylic acids is 1. The lowest BCUT2D eigenvalue weighted by atomic mass is 9.85. The van der Waals surface area contributed by atoms with Gasteiger partial charge in [-0.1, -0.05) is 20.8 Å². The second-order valence-corrected chi connectivity index (χ2v) is 6.37. The van der Waals surface area contributed by atoms with Gasteiger partial charge in [0.1, 0.15) is 5.67 Å². The van der Waals surface area contributed by atoms with E-state index in [9.17, 15) is 9.18 Å². The molecule has 16 heavy (non-hydrogen) atoms. The smallest absolute Gasteiger partial charge is 0.228 e. The van der Waals surface area contributed by atoms with Gasteiger partial charge in [0.15, 0.2) is 0 Å². The zero-order valence-corrected chi connectivity index (χ0v) is 10.7. The minimum absolute atomic E-state index is 0.0150. The third kappa shape index (κ3) is 1.85. The molecule has 1 heterocycles. The van der Waals surface area contributed by atoms with Crippen LogP contribution in [0.3, 0.4) is 0 Å². The summed E-state index contributed by atoms with van der Waals surface area (Å²) in [5, 5.41) is 0. The lowest BCUT2D eigenvalue weighted by Gasteiger charge is -2.23. The van der Waals surface area contributed by atoms with Crippen LogP contribution in [0.15, 0.2) is 0 Å². The quantitative estimate of drug-likeness (QED) is 0.710. The lowest BCUT2D eigenvalue weighted by molar-refractivity contribution is -0.135. The Kier molecular flexibility index (Phi) is 2.56. The van der Waals surface area contributed by atoms with Crippen molar-refractivity contribution in [2.24, 2.45) is 17.3 Å². The number of halogens is 1. The van der Waals surface area contributed by atoms with Crippen molar-refractivity contribution >= 4 is 5.91 Å². The molecular weight excluding hydrogens is 205 g/mol. The minimum atomic E-state index is -1.21. The zero-order chi connectivity index (χ0) is 12.1. The number of hydrogen-bond donors (Lipinski definition) is 0. The highest BCUT2D eigenvalue weighted by Crippen LogP contribution is 2.48. The van der Waals surface area contributed by atoms with E-state index in [1.807, 2.05) is 20.8 Å². The highest BCUT2D eigenvalue weighted by molar-refractivity contribution is 5.85. The molecule has 3 heteroatoms. The van der Waals surface area contributed by atoms with Gasteiger partial charge in [-0.3, -0.25) is 4.79 Å². The van der Waals surface area contributed by atoms with Crippen LogP contribution >= 0.6 is 0 Å². The van der Waals surface area contributed by atoms with E-state index in [4.69, 9.17) is 0 Å². The average molecular weight is 227 g/mol. The van der Waals surface area contributed by atoms with E-state index < -0.39 is 5.67 Å². The fourth-order valence-corrected chi connectivity index (χ4v) is 2.83. The molecular formula is C13H22FNO. The van der Waals surface area contributed by atoms with Crippen LogP contribution in [0.4, 0.5) is 4.39 Å². The van der Waals surface area contributed by atoms with Gasteiger partial charge in [-0.05, 0) is 25.7 Å². The molecule has 2 nitrogen and oxygen atoms in total. The maximum Gasteiger partial charge on any atom is 0.228 e. The predicted octanol–water partition coefficient (Wildman–Crippen LogP) is 2.63. The Morgan fingerprint density at radius 2 is 1.94 bits per heavy atom. The first-order valence-electron chi connectivity index (χ1n) is 6.24. The topological polar surface area (TPSA) is 20.3 Å². The van der Waals surface area contributed by atoms with Crippen LogP contribution in [0.2, 0.25) is 0 Å². The molecule has 0 aromatic heterocycles. The van der Waals surface area contributed by atoms with Crippen LogP contribution in [0.1, 0.15) is 40.5 Å². The Morgan fingerprint density at radius 3 is 2.31 bits per heavy atom. The van der Waals surface area contributed by atoms with Gasteiger partial charge < -0.3 is 4.90 Å². The Hall–Kier alpha value is -0.600. The number of carbonyl (C=O) groups is 1. The van der Waals surface area contributed by atoms with Crippen molar-refractivity contribution in [2.45, 2.75) is 46.2 Å². The molecule has 0 bridgehead atoms. The van der Waals surface area contributed by atoms with E-state index in [1.54, 1.807) is 11.8 Å². The molecule has 1 saturated heterocycles. The lowest BCUT2D eigenvalue weighted by Crippen LogP contribution is -2.36. The Morgan fingerprint density at radius 1 is 1.38 bits per heavy atom. The number of amides is 1. The molecule has 0 aromatic rings. The van der Waals surface area contributed by atoms with Crippen LogP contribution in [0.25, 0.3) is 0 Å². The van der Waals surface area contributed by atoms with Crippen molar-refractivity contribution in [3.8, 4) is 0 Å². The molecule has 2 atom stereocenters. The maximum absolute atomic E-state index is 14.4. The van der Waals surface area contributed by atoms with Gasteiger partial charge in [0, 0.05) is 17.9 Å². The van der Waals surface area contributed by atoms with E-state index in [-0.39, 0.29) is 23.8 Å². The zero-order valence-electron chi connectivity index (χ0n) is 10.7. The summed E-state index contributed by atoms with van der Waals surface area (Å²) in [6.45, 7) is 8.59. The van der Waals surface area contributed by atoms with Crippen molar-refractivity contribution in [3.05, 3.63) is 0 Å². The molecule has 0 unspecified atom stereocenters. The second-order valence-electron chi connectivity index (χ2n) is 6.37. The maximum atomic E-state index is 14.4. The molecule has 0 radical (unpaired) electrons. The molecule has 1 saturated carbocycles. The van der Waals surface area contributed by atoms with Crippen LogP contribution in [-0.2, 0) is 4.79 Å². The molecule has 1 aliphatic heterocycles. The van der Waals surface area contributed by atoms with E-state index >= 15 is 0 Å². The summed E-state index contributed by atoms with van der Waals surface area (Å²) in [5.74, 6) is 0.443. The molecule has 92 valence electrons. The third-order valence-electron chi connectivity index (χ3n) is 4.30. The van der Waals surface area contributed by atoms with Gasteiger partial charge in [0.05, 0.1) is 6.54 Å². The molecule has 0 spiro atoms. The first kappa shape index (κ1) is 11.9. The first-order chi connectivity index (χ1) is 7.26. The van der Waals surface area contributed by atoms with Gasteiger partial charge in [-0.15, -0.1) is 0 Å². The molecule has 1 aliphatic carbocycles. The van der Waals surface area contributed by atoms with Crippen LogP contribution in [0, 0.1) is 17.3 Å². The van der Waals surface area contributed by atoms with Crippen molar-refractivity contribution in [1.29, 1.82) is 0 Å². The van der Waals surface area contributed by atoms with E-state index in [0.717, 1.165) is 12.8 Å². The molecule has 2 rings (SSSR count). The van der Waals surface area contributed by atoms with Gasteiger partial charge in [-0.2, -0.15) is 0 Å². The minimum Gasteiger partial charge on any atom is -0.339 e. The Bertz CT molecular complexity index is 307. The van der Waals surface area contributed by atoms with Crippen molar-refractivity contribution in [2.75, 3.05) is 13.1 Å². The molecule has 0 aromatic carbocycles. The predicted molar refractivity (Wildman–Crippen MR) is 61.8 cm³/mol. The number of nitrogens with zero attached hydrogens (tertiary/aromatic N) is 1. The largest absolute Gasteiger partial charge is 0.339 e. The standard InChI is InChI=1S/C13H22FNO/c1-9(2)10-7-15(8-13(10,4)14)11(16)12(3)5-6-12/h9-10H,5-8H2,1-4H3/t10-,13-/m0/s1. The fourth-order valence-electron chi connectivity index (χ4n) is 2.83. The third-order valence-corrected chi connectivity index (χ3v) is 4.30.